The van der Waals surface area contributed by atoms with E-state index in [9.17, 15) is 28.8 Å². The van der Waals surface area contributed by atoms with E-state index in [0.29, 0.717) is 63.0 Å². The van der Waals surface area contributed by atoms with Crippen molar-refractivity contribution >= 4 is 47.4 Å². The van der Waals surface area contributed by atoms with Gasteiger partial charge in [0, 0.05) is 24.5 Å². The zero-order valence-electron chi connectivity index (χ0n) is 40.6. The van der Waals surface area contributed by atoms with Gasteiger partial charge in [-0.3, -0.25) is 14.4 Å². The van der Waals surface area contributed by atoms with Gasteiger partial charge in [0.05, 0.1) is 6.42 Å². The molecule has 0 bridgehead atoms. The number of carbonyl (C=O) groups excluding carboxylic acids is 6. The normalized spacial score (nSPS) is 11.5. The van der Waals surface area contributed by atoms with Gasteiger partial charge in [-0.2, -0.15) is 0 Å². The van der Waals surface area contributed by atoms with E-state index in [-0.39, 0.29) is 32.7 Å². The fraction of sp³-hybridized carbons (Fsp3) is 0.263. The molecule has 0 radical (unpaired) electrons. The third kappa shape index (κ3) is 20.8. The molecule has 0 aliphatic rings. The number of nitrogens with one attached hydrogen (secondary N) is 6. The molecule has 380 valence electrons. The Morgan fingerprint density at radius 2 is 0.781 bits per heavy atom. The first-order valence-corrected chi connectivity index (χ1v) is 24.3. The van der Waals surface area contributed by atoms with Crippen molar-refractivity contribution < 1.29 is 47.8 Å². The SMILES string of the molecule is O=C(Cc1ccccc1)ON[C@H](CCCCNC(=O)OCc1ccccc1)C(=O)Nc1ccc(Cc2ccc(NC(=O)[C@H](CCCCNC(=O)OCc3ccccc3)NC(=O)OCc3ccccc3)cc2)cc1. The number of amides is 5. The summed E-state index contributed by atoms with van der Waals surface area (Å²) in [5, 5.41) is 14.0. The highest BCUT2D eigenvalue weighted by Gasteiger charge is 2.23. The number of ether oxygens (including phenoxy) is 3. The van der Waals surface area contributed by atoms with E-state index in [0.717, 1.165) is 33.4 Å². The first-order valence-electron chi connectivity index (χ1n) is 24.3. The zero-order chi connectivity index (χ0) is 51.3. The Morgan fingerprint density at radius 3 is 1.22 bits per heavy atom. The molecule has 16 nitrogen and oxygen atoms in total. The van der Waals surface area contributed by atoms with Crippen molar-refractivity contribution in [1.29, 1.82) is 0 Å². The monoisotopic (exact) mass is 990 g/mol. The van der Waals surface area contributed by atoms with E-state index < -0.39 is 48.1 Å². The third-order valence-electron chi connectivity index (χ3n) is 11.3. The van der Waals surface area contributed by atoms with Crippen molar-refractivity contribution in [3.05, 3.63) is 203 Å². The predicted octanol–water partition coefficient (Wildman–Crippen LogP) is 9.30. The summed E-state index contributed by atoms with van der Waals surface area (Å²) in [6, 6.07) is 50.0. The first-order chi connectivity index (χ1) is 35.6. The molecule has 0 saturated heterocycles. The predicted molar refractivity (Wildman–Crippen MR) is 277 cm³/mol. The lowest BCUT2D eigenvalue weighted by Gasteiger charge is -2.19. The molecule has 5 amide bonds. The molecule has 0 saturated carbocycles. The van der Waals surface area contributed by atoms with E-state index >= 15 is 0 Å². The van der Waals surface area contributed by atoms with Crippen LogP contribution in [0.5, 0.6) is 0 Å². The second-order valence-corrected chi connectivity index (χ2v) is 17.1. The molecule has 6 N–H and O–H groups in total. The highest BCUT2D eigenvalue weighted by atomic mass is 16.7. The number of hydrogen-bond donors (Lipinski definition) is 6. The number of alkyl carbamates (subject to hydrolysis) is 3. The Morgan fingerprint density at radius 1 is 0.397 bits per heavy atom. The summed E-state index contributed by atoms with van der Waals surface area (Å²) in [7, 11) is 0. The van der Waals surface area contributed by atoms with Crippen LogP contribution in [0.15, 0.2) is 170 Å². The standard InChI is InChI=1S/C57H62N6O10/c64-52(38-42-17-5-1-6-18-42)73-63-51(26-14-16-36-59-56(68)71-40-46-21-9-3-10-22-46)54(66)61-49-33-29-44(30-34-49)37-43-27-31-48(32-28-43)60-53(65)50(62-57(69)72-41-47-23-11-4-12-24-47)25-13-15-35-58-55(67)70-39-45-19-7-2-8-20-45/h1-12,17-24,27-34,50-51,63H,13-16,25-26,35-41H2,(H,58,67)(H,59,68)(H,60,65)(H,61,66)(H,62,69)/t50-,51+/m0/s1. The van der Waals surface area contributed by atoms with Gasteiger partial charge in [0.2, 0.25) is 11.8 Å². The number of rotatable bonds is 27. The molecule has 16 heteroatoms. The van der Waals surface area contributed by atoms with E-state index in [2.05, 4.69) is 32.1 Å². The Balaban J connectivity index is 0.966. The summed E-state index contributed by atoms with van der Waals surface area (Å²) in [4.78, 5) is 82.4. The largest absolute Gasteiger partial charge is 0.445 e. The molecule has 6 aromatic rings. The Kier molecular flexibility index (Phi) is 22.3. The molecule has 73 heavy (non-hydrogen) atoms. The maximum atomic E-state index is 13.6. The summed E-state index contributed by atoms with van der Waals surface area (Å²) in [5.41, 5.74) is 9.00. The molecule has 0 aromatic heterocycles. The van der Waals surface area contributed by atoms with Crippen LogP contribution in [0.1, 0.15) is 71.9 Å². The fourth-order valence-electron chi connectivity index (χ4n) is 7.34. The van der Waals surface area contributed by atoms with Crippen molar-refractivity contribution in [2.75, 3.05) is 23.7 Å². The summed E-state index contributed by atoms with van der Waals surface area (Å²) in [6.45, 7) is 1.00. The van der Waals surface area contributed by atoms with Crippen LogP contribution in [-0.2, 0) is 66.1 Å². The van der Waals surface area contributed by atoms with Crippen molar-refractivity contribution in [3.8, 4) is 0 Å². The lowest BCUT2D eigenvalue weighted by molar-refractivity contribution is -0.153. The van der Waals surface area contributed by atoms with Gasteiger partial charge in [-0.25, -0.2) is 14.4 Å². The number of carbonyl (C=O) groups is 6. The lowest BCUT2D eigenvalue weighted by atomic mass is 10.0. The molecular weight excluding hydrogens is 929 g/mol. The lowest BCUT2D eigenvalue weighted by Crippen LogP contribution is -2.44. The average molecular weight is 991 g/mol. The summed E-state index contributed by atoms with van der Waals surface area (Å²) < 4.78 is 16.0. The molecule has 6 aromatic carbocycles. The maximum Gasteiger partial charge on any atom is 0.408 e. The van der Waals surface area contributed by atoms with E-state index in [1.807, 2.05) is 146 Å². The van der Waals surface area contributed by atoms with Gasteiger partial charge < -0.3 is 45.6 Å². The molecule has 0 fully saturated rings. The minimum Gasteiger partial charge on any atom is -0.445 e. The molecule has 2 atom stereocenters. The summed E-state index contributed by atoms with van der Waals surface area (Å²) >= 11 is 0. The van der Waals surface area contributed by atoms with Crippen LogP contribution >= 0.6 is 0 Å². The van der Waals surface area contributed by atoms with Crippen LogP contribution in [0.25, 0.3) is 0 Å². The van der Waals surface area contributed by atoms with Gasteiger partial charge in [0.25, 0.3) is 0 Å². The van der Waals surface area contributed by atoms with Crippen molar-refractivity contribution in [1.82, 2.24) is 21.4 Å². The third-order valence-corrected chi connectivity index (χ3v) is 11.3. The van der Waals surface area contributed by atoms with E-state index in [1.165, 1.54) is 0 Å². The molecule has 0 heterocycles. The van der Waals surface area contributed by atoms with Gasteiger partial charge in [-0.15, -0.1) is 5.48 Å². The molecule has 0 aliphatic carbocycles. The quantitative estimate of drug-likeness (QED) is 0.0163. The van der Waals surface area contributed by atoms with E-state index in [4.69, 9.17) is 19.0 Å². The highest BCUT2D eigenvalue weighted by Crippen LogP contribution is 2.18. The smallest absolute Gasteiger partial charge is 0.408 e. The number of anilines is 2. The average Bonchev–Trinajstić information content (AvgIpc) is 3.41. The Bertz CT molecular complexity index is 2630. The van der Waals surface area contributed by atoms with Gasteiger partial charge in [-0.1, -0.05) is 146 Å². The minimum atomic E-state index is -0.919. The topological polar surface area (TPSA) is 212 Å². The minimum absolute atomic E-state index is 0.0274. The van der Waals surface area contributed by atoms with Gasteiger partial charge in [0.15, 0.2) is 0 Å². The Hall–Kier alpha value is -8.50. The van der Waals surface area contributed by atoms with Crippen LogP contribution < -0.4 is 32.1 Å². The summed E-state index contributed by atoms with van der Waals surface area (Å²) in [6.07, 6.45) is 1.49. The first kappa shape index (κ1) is 53.8. The molecular formula is C57H62N6O10. The van der Waals surface area contributed by atoms with Crippen molar-refractivity contribution in [3.63, 3.8) is 0 Å². The van der Waals surface area contributed by atoms with Gasteiger partial charge in [0.1, 0.15) is 31.9 Å². The number of unbranched alkanes of at least 4 members (excludes halogenated alkanes) is 2. The maximum absolute atomic E-state index is 13.6. The van der Waals surface area contributed by atoms with Crippen molar-refractivity contribution in [2.45, 2.75) is 83.3 Å². The van der Waals surface area contributed by atoms with Crippen LogP contribution in [0.2, 0.25) is 0 Å². The van der Waals surface area contributed by atoms with Crippen molar-refractivity contribution in [2.24, 2.45) is 0 Å². The van der Waals surface area contributed by atoms with Gasteiger partial charge >= 0.3 is 24.2 Å². The number of hydrogen-bond acceptors (Lipinski definition) is 11. The zero-order valence-corrected chi connectivity index (χ0v) is 40.6. The highest BCUT2D eigenvalue weighted by molar-refractivity contribution is 5.96. The summed E-state index contributed by atoms with van der Waals surface area (Å²) in [5.74, 6) is -1.36. The second-order valence-electron chi connectivity index (χ2n) is 17.1. The Labute approximate surface area is 425 Å². The van der Waals surface area contributed by atoms with Gasteiger partial charge in [-0.05, 0) is 103 Å². The van der Waals surface area contributed by atoms with Crippen LogP contribution in [0, 0.1) is 0 Å². The van der Waals surface area contributed by atoms with E-state index in [1.54, 1.807) is 24.3 Å². The van der Waals surface area contributed by atoms with Crippen LogP contribution in [0.4, 0.5) is 25.8 Å². The fourth-order valence-corrected chi connectivity index (χ4v) is 7.34. The molecule has 0 unspecified atom stereocenters. The van der Waals surface area contributed by atoms with Crippen LogP contribution in [-0.4, -0.2) is 61.2 Å². The molecule has 6 rings (SSSR count). The second kappa shape index (κ2) is 30.3. The van der Waals surface area contributed by atoms with Crippen LogP contribution in [0.3, 0.4) is 0 Å². The molecule has 0 aliphatic heterocycles. The molecule has 0 spiro atoms. The number of benzene rings is 6. The number of hydroxylamine groups is 1.